The average molecular weight is 271 g/mol. The van der Waals surface area contributed by atoms with Gasteiger partial charge in [0.15, 0.2) is 5.78 Å². The number of hydrogen-bond donors (Lipinski definition) is 0. The lowest BCUT2D eigenvalue weighted by molar-refractivity contribution is 0.101. The minimum absolute atomic E-state index is 0.213. The molecule has 0 bridgehead atoms. The molecule has 0 N–H and O–H groups in total. The van der Waals surface area contributed by atoms with Gasteiger partial charge < -0.3 is 4.74 Å². The topological polar surface area (TPSA) is 48.3 Å². The Bertz CT molecular complexity index is 712. The van der Waals surface area contributed by atoms with Crippen LogP contribution in [0.15, 0.2) is 35.1 Å². The molecule has 1 aromatic carbocycles. The molecule has 4 heteroatoms. The molecule has 0 radical (unpaired) electrons. The summed E-state index contributed by atoms with van der Waals surface area (Å²) in [5, 5.41) is 0. The summed E-state index contributed by atoms with van der Waals surface area (Å²) < 4.78 is 6.65. The molecule has 0 atom stereocenters. The number of benzene rings is 1. The number of ether oxygens (including phenoxy) is 1. The molecule has 1 aromatic heterocycles. The molecule has 0 saturated carbocycles. The number of ketones is 1. The summed E-state index contributed by atoms with van der Waals surface area (Å²) in [5.74, 6) is 0.508. The number of hydrogen-bond acceptors (Lipinski definition) is 3. The smallest absolute Gasteiger partial charge is 0.266 e. The molecular weight excluding hydrogens is 254 g/mol. The van der Waals surface area contributed by atoms with E-state index in [4.69, 9.17) is 4.74 Å². The number of carbonyl (C=O) groups excluding carboxylic acids is 1. The van der Waals surface area contributed by atoms with Crippen LogP contribution in [0, 0.1) is 13.8 Å². The van der Waals surface area contributed by atoms with Crippen molar-refractivity contribution in [3.8, 4) is 11.4 Å². The van der Waals surface area contributed by atoms with E-state index < -0.39 is 0 Å². The zero-order valence-corrected chi connectivity index (χ0v) is 12.1. The van der Waals surface area contributed by atoms with Crippen LogP contribution in [0.4, 0.5) is 0 Å². The van der Waals surface area contributed by atoms with E-state index in [9.17, 15) is 9.59 Å². The van der Waals surface area contributed by atoms with Crippen molar-refractivity contribution in [2.24, 2.45) is 0 Å². The van der Waals surface area contributed by atoms with Crippen LogP contribution in [0.3, 0.4) is 0 Å². The summed E-state index contributed by atoms with van der Waals surface area (Å²) in [7, 11) is 1.59. The first-order chi connectivity index (χ1) is 9.45. The van der Waals surface area contributed by atoms with Gasteiger partial charge in [-0.3, -0.25) is 14.2 Å². The number of methoxy groups -OCH3 is 1. The van der Waals surface area contributed by atoms with Crippen LogP contribution in [0.5, 0.6) is 5.75 Å². The third kappa shape index (κ3) is 2.37. The Balaban J connectivity index is 2.70. The zero-order chi connectivity index (χ0) is 14.9. The number of aryl methyl sites for hydroxylation is 2. The summed E-state index contributed by atoms with van der Waals surface area (Å²) in [5.41, 5.74) is 2.19. The van der Waals surface area contributed by atoms with Gasteiger partial charge in [0.25, 0.3) is 5.56 Å². The molecule has 0 fully saturated rings. The van der Waals surface area contributed by atoms with E-state index in [2.05, 4.69) is 0 Å². The number of carbonyl (C=O) groups is 1. The molecule has 2 rings (SSSR count). The molecule has 0 aliphatic rings. The van der Waals surface area contributed by atoms with Crippen molar-refractivity contribution >= 4 is 5.78 Å². The lowest BCUT2D eigenvalue weighted by atomic mass is 10.1. The SMILES string of the molecule is COc1ccc(-n2c(C)cc(C)c(C(C)=O)c2=O)cc1. The average Bonchev–Trinajstić information content (AvgIpc) is 2.38. The van der Waals surface area contributed by atoms with Crippen molar-refractivity contribution < 1.29 is 9.53 Å². The largest absolute Gasteiger partial charge is 0.497 e. The van der Waals surface area contributed by atoms with E-state index in [0.29, 0.717) is 5.56 Å². The third-order valence-electron chi connectivity index (χ3n) is 3.27. The Morgan fingerprint density at radius 1 is 1.15 bits per heavy atom. The molecule has 0 aliphatic heterocycles. The van der Waals surface area contributed by atoms with Gasteiger partial charge in [-0.15, -0.1) is 0 Å². The van der Waals surface area contributed by atoms with Crippen LogP contribution in [-0.4, -0.2) is 17.5 Å². The van der Waals surface area contributed by atoms with E-state index in [0.717, 1.165) is 17.1 Å². The monoisotopic (exact) mass is 271 g/mol. The fourth-order valence-electron chi connectivity index (χ4n) is 2.37. The van der Waals surface area contributed by atoms with E-state index in [1.54, 1.807) is 42.9 Å². The minimum atomic E-state index is -0.278. The Morgan fingerprint density at radius 3 is 2.25 bits per heavy atom. The number of Topliss-reactive ketones (excluding diaryl/α,β-unsaturated/α-hetero) is 1. The van der Waals surface area contributed by atoms with Gasteiger partial charge in [0.05, 0.1) is 12.7 Å². The van der Waals surface area contributed by atoms with Crippen molar-refractivity contribution in [3.05, 3.63) is 57.5 Å². The van der Waals surface area contributed by atoms with Crippen LogP contribution in [0.25, 0.3) is 5.69 Å². The van der Waals surface area contributed by atoms with E-state index in [1.807, 2.05) is 13.0 Å². The minimum Gasteiger partial charge on any atom is -0.497 e. The van der Waals surface area contributed by atoms with Crippen LogP contribution < -0.4 is 10.3 Å². The highest BCUT2D eigenvalue weighted by Gasteiger charge is 2.15. The van der Waals surface area contributed by atoms with Crippen LogP contribution >= 0.6 is 0 Å². The lowest BCUT2D eigenvalue weighted by Gasteiger charge is -2.13. The molecule has 4 nitrogen and oxygen atoms in total. The van der Waals surface area contributed by atoms with Gasteiger partial charge in [-0.1, -0.05) is 0 Å². The van der Waals surface area contributed by atoms with E-state index >= 15 is 0 Å². The zero-order valence-electron chi connectivity index (χ0n) is 12.1. The lowest BCUT2D eigenvalue weighted by Crippen LogP contribution is -2.27. The highest BCUT2D eigenvalue weighted by Crippen LogP contribution is 2.16. The first-order valence-corrected chi connectivity index (χ1v) is 6.34. The first-order valence-electron chi connectivity index (χ1n) is 6.34. The summed E-state index contributed by atoms with van der Waals surface area (Å²) in [6.45, 7) is 5.05. The summed E-state index contributed by atoms with van der Waals surface area (Å²) in [6, 6.07) is 9.02. The molecular formula is C16H17NO3. The van der Waals surface area contributed by atoms with Crippen molar-refractivity contribution in [3.63, 3.8) is 0 Å². The van der Waals surface area contributed by atoms with Gasteiger partial charge in [0, 0.05) is 11.4 Å². The van der Waals surface area contributed by atoms with Gasteiger partial charge in [0.1, 0.15) is 5.75 Å². The molecule has 0 aliphatic carbocycles. The maximum atomic E-state index is 12.5. The van der Waals surface area contributed by atoms with Crippen molar-refractivity contribution in [1.82, 2.24) is 4.57 Å². The number of aromatic nitrogens is 1. The highest BCUT2D eigenvalue weighted by molar-refractivity contribution is 5.95. The van der Waals surface area contributed by atoms with Gasteiger partial charge >= 0.3 is 0 Å². The van der Waals surface area contributed by atoms with Crippen molar-refractivity contribution in [1.29, 1.82) is 0 Å². The predicted molar refractivity (Wildman–Crippen MR) is 78.1 cm³/mol. The molecule has 0 unspecified atom stereocenters. The Morgan fingerprint density at radius 2 is 1.75 bits per heavy atom. The number of pyridine rings is 1. The maximum absolute atomic E-state index is 12.5. The molecule has 0 saturated heterocycles. The fourth-order valence-corrected chi connectivity index (χ4v) is 2.37. The third-order valence-corrected chi connectivity index (χ3v) is 3.27. The molecule has 1 heterocycles. The molecule has 104 valence electrons. The normalized spacial score (nSPS) is 10.4. The van der Waals surface area contributed by atoms with Crippen molar-refractivity contribution in [2.45, 2.75) is 20.8 Å². The Labute approximate surface area is 117 Å². The quantitative estimate of drug-likeness (QED) is 0.806. The first kappa shape index (κ1) is 14.1. The van der Waals surface area contributed by atoms with Gasteiger partial charge in [-0.25, -0.2) is 0 Å². The summed E-state index contributed by atoms with van der Waals surface area (Å²) in [6.07, 6.45) is 0. The second-order valence-corrected chi connectivity index (χ2v) is 4.74. The molecule has 2 aromatic rings. The van der Waals surface area contributed by atoms with E-state index in [-0.39, 0.29) is 16.9 Å². The molecule has 0 spiro atoms. The van der Waals surface area contributed by atoms with Gasteiger partial charge in [-0.2, -0.15) is 0 Å². The van der Waals surface area contributed by atoms with Crippen LogP contribution in [0.1, 0.15) is 28.5 Å². The summed E-state index contributed by atoms with van der Waals surface area (Å²) >= 11 is 0. The molecule has 0 amide bonds. The highest BCUT2D eigenvalue weighted by atomic mass is 16.5. The second kappa shape index (κ2) is 5.33. The standard InChI is InChI=1S/C16H17NO3/c1-10-9-11(2)17(16(19)15(10)12(3)18)13-5-7-14(20-4)8-6-13/h5-9H,1-4H3. The van der Waals surface area contributed by atoms with Gasteiger partial charge in [0.2, 0.25) is 0 Å². The fraction of sp³-hybridized carbons (Fsp3) is 0.250. The Kier molecular flexibility index (Phi) is 3.74. The van der Waals surface area contributed by atoms with E-state index in [1.165, 1.54) is 6.92 Å². The summed E-state index contributed by atoms with van der Waals surface area (Å²) in [4.78, 5) is 24.2. The predicted octanol–water partition coefficient (Wildman–Crippen LogP) is 2.67. The van der Waals surface area contributed by atoms with Gasteiger partial charge in [-0.05, 0) is 56.7 Å². The Hall–Kier alpha value is -2.36. The second-order valence-electron chi connectivity index (χ2n) is 4.74. The van der Waals surface area contributed by atoms with Crippen LogP contribution in [-0.2, 0) is 0 Å². The van der Waals surface area contributed by atoms with Crippen molar-refractivity contribution in [2.75, 3.05) is 7.11 Å². The molecule has 20 heavy (non-hydrogen) atoms. The number of nitrogens with zero attached hydrogens (tertiary/aromatic N) is 1. The number of rotatable bonds is 3. The maximum Gasteiger partial charge on any atom is 0.266 e. The van der Waals surface area contributed by atoms with Crippen LogP contribution in [0.2, 0.25) is 0 Å².